The zero-order valence-corrected chi connectivity index (χ0v) is 7.19. The summed E-state index contributed by atoms with van der Waals surface area (Å²) in [5.74, 6) is 4.52. The van der Waals surface area contributed by atoms with Crippen molar-refractivity contribution in [2.45, 2.75) is 19.8 Å². The summed E-state index contributed by atoms with van der Waals surface area (Å²) in [5.41, 5.74) is 0. The molecule has 1 nitrogen and oxygen atoms in total. The Hall–Kier alpha value is 0.310. The lowest BCUT2D eigenvalue weighted by Gasteiger charge is -2.09. The Morgan fingerprint density at radius 2 is 2.10 bits per heavy atom. The van der Waals surface area contributed by atoms with Gasteiger partial charge in [0.1, 0.15) is 11.5 Å². The molecule has 0 radical (unpaired) electrons. The highest BCUT2D eigenvalue weighted by atomic mass is 32.2. The highest BCUT2D eigenvalue weighted by Crippen LogP contribution is 2.42. The lowest BCUT2D eigenvalue weighted by Crippen LogP contribution is -2.10. The van der Waals surface area contributed by atoms with E-state index in [2.05, 4.69) is 6.92 Å². The first-order valence-electron chi connectivity index (χ1n) is 4.12. The molecule has 1 saturated heterocycles. The van der Waals surface area contributed by atoms with Crippen molar-refractivity contribution in [1.29, 1.82) is 0 Å². The summed E-state index contributed by atoms with van der Waals surface area (Å²) in [6, 6.07) is 0. The van der Waals surface area contributed by atoms with E-state index in [4.69, 9.17) is 0 Å². The molecule has 0 aromatic rings. The Labute approximate surface area is 65.4 Å². The molecule has 4 atom stereocenters. The standard InChI is InChI=1S/C8H14OS/c1-6-2-3-7-4-10(9)5-8(6)7/h6-8H,2-5H2,1H3. The minimum Gasteiger partial charge on any atom is -0.616 e. The fourth-order valence-corrected chi connectivity index (χ4v) is 4.46. The highest BCUT2D eigenvalue weighted by molar-refractivity contribution is 7.91. The van der Waals surface area contributed by atoms with Gasteiger partial charge in [0, 0.05) is 11.8 Å². The molecule has 0 aromatic carbocycles. The van der Waals surface area contributed by atoms with Crippen molar-refractivity contribution < 1.29 is 4.55 Å². The van der Waals surface area contributed by atoms with Gasteiger partial charge < -0.3 is 4.55 Å². The van der Waals surface area contributed by atoms with Crippen LogP contribution < -0.4 is 0 Å². The maximum Gasteiger partial charge on any atom is 0.109 e. The maximum absolute atomic E-state index is 11.1. The van der Waals surface area contributed by atoms with Gasteiger partial charge in [-0.05, 0) is 18.8 Å². The van der Waals surface area contributed by atoms with Crippen LogP contribution in [0.4, 0.5) is 0 Å². The summed E-state index contributed by atoms with van der Waals surface area (Å²) in [5, 5.41) is 0. The zero-order chi connectivity index (χ0) is 7.14. The van der Waals surface area contributed by atoms with E-state index < -0.39 is 11.2 Å². The molecule has 0 spiro atoms. The van der Waals surface area contributed by atoms with Crippen LogP contribution in [0.1, 0.15) is 19.8 Å². The van der Waals surface area contributed by atoms with Crippen molar-refractivity contribution in [2.75, 3.05) is 11.5 Å². The number of hydrogen-bond donors (Lipinski definition) is 0. The molecule has 1 aliphatic carbocycles. The molecule has 2 fully saturated rings. The molecule has 0 N–H and O–H groups in total. The van der Waals surface area contributed by atoms with Crippen LogP contribution in [-0.2, 0) is 11.2 Å². The molecule has 2 rings (SSSR count). The molecule has 0 aromatic heterocycles. The van der Waals surface area contributed by atoms with E-state index in [1.807, 2.05) is 0 Å². The summed E-state index contributed by atoms with van der Waals surface area (Å²) < 4.78 is 11.1. The fraction of sp³-hybridized carbons (Fsp3) is 1.00. The van der Waals surface area contributed by atoms with Crippen molar-refractivity contribution in [3.05, 3.63) is 0 Å². The fourth-order valence-electron chi connectivity index (χ4n) is 2.40. The van der Waals surface area contributed by atoms with Crippen molar-refractivity contribution in [2.24, 2.45) is 17.8 Å². The predicted molar refractivity (Wildman–Crippen MR) is 43.3 cm³/mol. The van der Waals surface area contributed by atoms with Crippen LogP contribution >= 0.6 is 0 Å². The van der Waals surface area contributed by atoms with Crippen LogP contribution in [0.25, 0.3) is 0 Å². The number of fused-ring (bicyclic) bond motifs is 1. The second-order valence-electron chi connectivity index (χ2n) is 3.75. The summed E-state index contributed by atoms with van der Waals surface area (Å²) in [4.78, 5) is 0. The van der Waals surface area contributed by atoms with Gasteiger partial charge in [-0.15, -0.1) is 0 Å². The third-order valence-corrected chi connectivity index (χ3v) is 4.66. The Kier molecular flexibility index (Phi) is 1.69. The van der Waals surface area contributed by atoms with E-state index in [1.54, 1.807) is 0 Å². The smallest absolute Gasteiger partial charge is 0.109 e. The average molecular weight is 158 g/mol. The molecule has 1 aliphatic heterocycles. The first kappa shape index (κ1) is 6.99. The molecule has 1 heterocycles. The van der Waals surface area contributed by atoms with Crippen molar-refractivity contribution in [3.63, 3.8) is 0 Å². The normalized spacial score (nSPS) is 53.4. The minimum atomic E-state index is -0.452. The Morgan fingerprint density at radius 3 is 2.80 bits per heavy atom. The Bertz CT molecular complexity index is 137. The topological polar surface area (TPSA) is 23.1 Å². The quantitative estimate of drug-likeness (QED) is 0.489. The molecule has 2 aliphatic rings. The van der Waals surface area contributed by atoms with Gasteiger partial charge >= 0.3 is 0 Å². The number of rotatable bonds is 0. The molecule has 2 heteroatoms. The van der Waals surface area contributed by atoms with E-state index >= 15 is 0 Å². The first-order chi connectivity index (χ1) is 4.77. The third-order valence-electron chi connectivity index (χ3n) is 3.11. The monoisotopic (exact) mass is 158 g/mol. The summed E-state index contributed by atoms with van der Waals surface area (Å²) in [7, 11) is 0. The average Bonchev–Trinajstić information content (AvgIpc) is 2.35. The molecule has 0 bridgehead atoms. The summed E-state index contributed by atoms with van der Waals surface area (Å²) in [6.07, 6.45) is 2.73. The van der Waals surface area contributed by atoms with Gasteiger partial charge in [-0.3, -0.25) is 0 Å². The Balaban J connectivity index is 2.05. The zero-order valence-electron chi connectivity index (χ0n) is 6.38. The Morgan fingerprint density at radius 1 is 1.30 bits per heavy atom. The van der Waals surface area contributed by atoms with E-state index in [0.29, 0.717) is 0 Å². The van der Waals surface area contributed by atoms with Crippen molar-refractivity contribution >= 4 is 11.2 Å². The van der Waals surface area contributed by atoms with Crippen LogP contribution in [0.15, 0.2) is 0 Å². The molecular weight excluding hydrogens is 144 g/mol. The van der Waals surface area contributed by atoms with Gasteiger partial charge in [-0.2, -0.15) is 0 Å². The lowest BCUT2D eigenvalue weighted by molar-refractivity contribution is 0.407. The van der Waals surface area contributed by atoms with Crippen molar-refractivity contribution in [3.8, 4) is 0 Å². The first-order valence-corrected chi connectivity index (χ1v) is 5.61. The summed E-state index contributed by atoms with van der Waals surface area (Å²) >= 11 is -0.452. The molecule has 58 valence electrons. The van der Waals surface area contributed by atoms with E-state index in [9.17, 15) is 4.55 Å². The van der Waals surface area contributed by atoms with Gasteiger partial charge in [0.15, 0.2) is 0 Å². The van der Waals surface area contributed by atoms with Gasteiger partial charge in [-0.25, -0.2) is 0 Å². The second-order valence-corrected chi connectivity index (χ2v) is 5.30. The van der Waals surface area contributed by atoms with Crippen LogP contribution in [0, 0.1) is 17.8 Å². The largest absolute Gasteiger partial charge is 0.616 e. The van der Waals surface area contributed by atoms with Crippen molar-refractivity contribution in [1.82, 2.24) is 0 Å². The van der Waals surface area contributed by atoms with Crippen LogP contribution in [-0.4, -0.2) is 16.1 Å². The number of hydrogen-bond acceptors (Lipinski definition) is 1. The van der Waals surface area contributed by atoms with Gasteiger partial charge in [0.2, 0.25) is 0 Å². The third kappa shape index (κ3) is 0.978. The molecule has 1 saturated carbocycles. The van der Waals surface area contributed by atoms with E-state index in [0.717, 1.165) is 29.3 Å². The SMILES string of the molecule is CC1CCC2C[S+]([O-])CC12. The van der Waals surface area contributed by atoms with Gasteiger partial charge in [0.25, 0.3) is 0 Å². The molecule has 4 unspecified atom stereocenters. The molecular formula is C8H14OS. The van der Waals surface area contributed by atoms with Gasteiger partial charge in [-0.1, -0.05) is 18.1 Å². The maximum atomic E-state index is 11.1. The van der Waals surface area contributed by atoms with E-state index in [-0.39, 0.29) is 0 Å². The van der Waals surface area contributed by atoms with Crippen LogP contribution in [0.2, 0.25) is 0 Å². The van der Waals surface area contributed by atoms with E-state index in [1.165, 1.54) is 12.8 Å². The predicted octanol–water partition coefficient (Wildman–Crippen LogP) is 1.41. The summed E-state index contributed by atoms with van der Waals surface area (Å²) in [6.45, 7) is 2.31. The molecule has 0 amide bonds. The lowest BCUT2D eigenvalue weighted by atomic mass is 9.94. The minimum absolute atomic E-state index is 0.452. The second kappa shape index (κ2) is 2.42. The van der Waals surface area contributed by atoms with Crippen LogP contribution in [0.3, 0.4) is 0 Å². The van der Waals surface area contributed by atoms with Gasteiger partial charge in [0.05, 0.1) is 0 Å². The highest BCUT2D eigenvalue weighted by Gasteiger charge is 2.43. The van der Waals surface area contributed by atoms with Crippen LogP contribution in [0.5, 0.6) is 0 Å². The molecule has 10 heavy (non-hydrogen) atoms.